The number of carboxylic acids is 1. The molecule has 1 fully saturated rings. The molecule has 8 heteroatoms. The van der Waals surface area contributed by atoms with Gasteiger partial charge in [-0.25, -0.2) is 4.79 Å². The first-order chi connectivity index (χ1) is 14.2. The summed E-state index contributed by atoms with van der Waals surface area (Å²) in [4.78, 5) is 17.7. The molecule has 0 aliphatic carbocycles. The number of carboxylic acid groups (broad SMARTS) is 1. The number of aliphatic hydroxyl groups excluding tert-OH is 1. The normalized spacial score (nSPS) is 13.6. The van der Waals surface area contributed by atoms with Crippen LogP contribution in [0.1, 0.15) is 23.2 Å². The van der Waals surface area contributed by atoms with E-state index in [-0.39, 0.29) is 18.8 Å². The second kappa shape index (κ2) is 8.32. The van der Waals surface area contributed by atoms with E-state index in [1.807, 2.05) is 18.2 Å². The molecule has 1 aliphatic rings. The van der Waals surface area contributed by atoms with Gasteiger partial charge in [-0.15, -0.1) is 0 Å². The summed E-state index contributed by atoms with van der Waals surface area (Å²) >= 11 is 0. The van der Waals surface area contributed by atoms with Gasteiger partial charge in [-0.3, -0.25) is 0 Å². The van der Waals surface area contributed by atoms with Crippen molar-refractivity contribution in [2.75, 3.05) is 31.2 Å². The maximum Gasteiger partial charge on any atom is 0.335 e. The van der Waals surface area contributed by atoms with Crippen molar-refractivity contribution in [3.63, 3.8) is 0 Å². The first kappa shape index (κ1) is 18.9. The van der Waals surface area contributed by atoms with Crippen molar-refractivity contribution in [2.24, 2.45) is 0 Å². The summed E-state index contributed by atoms with van der Waals surface area (Å²) in [5, 5.41) is 22.2. The maximum absolute atomic E-state index is 11.0. The number of ether oxygens (including phenoxy) is 1. The molecule has 4 rings (SSSR count). The molecule has 0 spiro atoms. The van der Waals surface area contributed by atoms with E-state index >= 15 is 0 Å². The number of hydrogen-bond donors (Lipinski definition) is 2. The van der Waals surface area contributed by atoms with Crippen LogP contribution in [0.15, 0.2) is 47.0 Å². The highest BCUT2D eigenvalue weighted by Gasteiger charge is 2.19. The predicted octanol–water partition coefficient (Wildman–Crippen LogP) is 3.07. The van der Waals surface area contributed by atoms with Gasteiger partial charge in [-0.2, -0.15) is 4.98 Å². The fourth-order valence-electron chi connectivity index (χ4n) is 3.35. The van der Waals surface area contributed by atoms with E-state index in [9.17, 15) is 4.79 Å². The Morgan fingerprint density at radius 1 is 1.10 bits per heavy atom. The largest absolute Gasteiger partial charge is 0.489 e. The minimum absolute atomic E-state index is 0.0456. The SMILES string of the molecule is O=C(O)c1ccc(-c2nc(-c3ccc(OCCO)c(N4CCCC4)c3)no2)cc1. The Labute approximate surface area is 167 Å². The lowest BCUT2D eigenvalue weighted by molar-refractivity contribution is 0.0697. The minimum atomic E-state index is -0.985. The minimum Gasteiger partial charge on any atom is -0.489 e. The molecule has 0 radical (unpaired) electrons. The molecule has 0 amide bonds. The molecule has 29 heavy (non-hydrogen) atoms. The standard InChI is InChI=1S/C21H21N3O5/c25-11-12-28-18-8-7-16(13-17(18)24-9-1-2-10-24)19-22-20(29-23-19)14-3-5-15(6-4-14)21(26)27/h3-8,13,25H,1-2,9-12H2,(H,26,27). The molecule has 8 nitrogen and oxygen atoms in total. The van der Waals surface area contributed by atoms with Crippen molar-refractivity contribution in [3.05, 3.63) is 48.0 Å². The van der Waals surface area contributed by atoms with Gasteiger partial charge in [0, 0.05) is 24.2 Å². The summed E-state index contributed by atoms with van der Waals surface area (Å²) in [6.45, 7) is 2.09. The summed E-state index contributed by atoms with van der Waals surface area (Å²) in [7, 11) is 0. The number of aromatic nitrogens is 2. The molecule has 2 N–H and O–H groups in total. The third-order valence-corrected chi connectivity index (χ3v) is 4.82. The van der Waals surface area contributed by atoms with Crippen LogP contribution in [0.5, 0.6) is 5.75 Å². The zero-order chi connectivity index (χ0) is 20.2. The highest BCUT2D eigenvalue weighted by Crippen LogP contribution is 2.35. The van der Waals surface area contributed by atoms with Crippen LogP contribution >= 0.6 is 0 Å². The van der Waals surface area contributed by atoms with Gasteiger partial charge in [-0.05, 0) is 55.3 Å². The molecule has 1 aliphatic heterocycles. The average Bonchev–Trinajstić information content (AvgIpc) is 3.44. The van der Waals surface area contributed by atoms with Crippen molar-refractivity contribution in [2.45, 2.75) is 12.8 Å². The van der Waals surface area contributed by atoms with Crippen LogP contribution in [-0.4, -0.2) is 52.6 Å². The number of anilines is 1. The second-order valence-corrected chi connectivity index (χ2v) is 6.75. The van der Waals surface area contributed by atoms with Crippen molar-refractivity contribution in [1.29, 1.82) is 0 Å². The van der Waals surface area contributed by atoms with Crippen LogP contribution in [0.3, 0.4) is 0 Å². The van der Waals surface area contributed by atoms with Crippen LogP contribution in [0.25, 0.3) is 22.8 Å². The molecule has 3 aromatic rings. The lowest BCUT2D eigenvalue weighted by atomic mass is 10.1. The second-order valence-electron chi connectivity index (χ2n) is 6.75. The Kier molecular flexibility index (Phi) is 5.44. The van der Waals surface area contributed by atoms with E-state index in [0.717, 1.165) is 42.9 Å². The van der Waals surface area contributed by atoms with E-state index < -0.39 is 5.97 Å². The molecule has 1 aromatic heterocycles. The van der Waals surface area contributed by atoms with Gasteiger partial charge in [0.1, 0.15) is 12.4 Å². The molecule has 2 heterocycles. The summed E-state index contributed by atoms with van der Waals surface area (Å²) in [5.74, 6) is 0.495. The van der Waals surface area contributed by atoms with E-state index in [2.05, 4.69) is 15.0 Å². The van der Waals surface area contributed by atoms with Crippen LogP contribution in [0.4, 0.5) is 5.69 Å². The first-order valence-corrected chi connectivity index (χ1v) is 9.46. The molecule has 150 valence electrons. The summed E-state index contributed by atoms with van der Waals surface area (Å²) in [5.41, 5.74) is 2.59. The number of carbonyl (C=O) groups is 1. The van der Waals surface area contributed by atoms with E-state index in [4.69, 9.17) is 19.5 Å². The molecule has 0 unspecified atom stereocenters. The molecule has 2 aromatic carbocycles. The van der Waals surface area contributed by atoms with Crippen molar-refractivity contribution in [3.8, 4) is 28.6 Å². The monoisotopic (exact) mass is 395 g/mol. The Bertz CT molecular complexity index is 994. The Morgan fingerprint density at radius 2 is 1.83 bits per heavy atom. The van der Waals surface area contributed by atoms with Gasteiger partial charge < -0.3 is 24.4 Å². The van der Waals surface area contributed by atoms with Crippen LogP contribution in [-0.2, 0) is 0 Å². The fourth-order valence-corrected chi connectivity index (χ4v) is 3.35. The number of aliphatic hydroxyl groups is 1. The topological polar surface area (TPSA) is 109 Å². The first-order valence-electron chi connectivity index (χ1n) is 9.46. The fraction of sp³-hybridized carbons (Fsp3) is 0.286. The van der Waals surface area contributed by atoms with E-state index in [1.54, 1.807) is 12.1 Å². The van der Waals surface area contributed by atoms with Crippen LogP contribution < -0.4 is 9.64 Å². The van der Waals surface area contributed by atoms with Gasteiger partial charge in [0.05, 0.1) is 17.9 Å². The average molecular weight is 395 g/mol. The molecule has 0 bridgehead atoms. The number of rotatable bonds is 7. The van der Waals surface area contributed by atoms with Crippen LogP contribution in [0, 0.1) is 0 Å². The quantitative estimate of drug-likeness (QED) is 0.628. The van der Waals surface area contributed by atoms with E-state index in [1.165, 1.54) is 12.1 Å². The lowest BCUT2D eigenvalue weighted by Gasteiger charge is -2.21. The van der Waals surface area contributed by atoms with E-state index in [0.29, 0.717) is 17.3 Å². The summed E-state index contributed by atoms with van der Waals surface area (Å²) in [6.07, 6.45) is 2.25. The molecule has 0 atom stereocenters. The molecular weight excluding hydrogens is 374 g/mol. The Hall–Kier alpha value is -3.39. The lowest BCUT2D eigenvalue weighted by Crippen LogP contribution is -2.19. The van der Waals surface area contributed by atoms with Crippen molar-refractivity contribution in [1.82, 2.24) is 10.1 Å². The highest BCUT2D eigenvalue weighted by molar-refractivity contribution is 5.88. The van der Waals surface area contributed by atoms with Crippen LogP contribution in [0.2, 0.25) is 0 Å². The third-order valence-electron chi connectivity index (χ3n) is 4.82. The Balaban J connectivity index is 1.63. The number of nitrogens with zero attached hydrogens (tertiary/aromatic N) is 3. The molecular formula is C21H21N3O5. The summed E-state index contributed by atoms with van der Waals surface area (Å²) in [6, 6.07) is 12.0. The summed E-state index contributed by atoms with van der Waals surface area (Å²) < 4.78 is 11.1. The molecule has 1 saturated heterocycles. The number of hydrogen-bond acceptors (Lipinski definition) is 7. The van der Waals surface area contributed by atoms with Gasteiger partial charge in [0.15, 0.2) is 0 Å². The van der Waals surface area contributed by atoms with Gasteiger partial charge in [0.2, 0.25) is 5.82 Å². The van der Waals surface area contributed by atoms with Crippen molar-refractivity contribution >= 4 is 11.7 Å². The van der Waals surface area contributed by atoms with Crippen molar-refractivity contribution < 1.29 is 24.3 Å². The zero-order valence-electron chi connectivity index (χ0n) is 15.7. The number of benzene rings is 2. The number of aromatic carboxylic acids is 1. The zero-order valence-corrected chi connectivity index (χ0v) is 15.7. The molecule has 0 saturated carbocycles. The Morgan fingerprint density at radius 3 is 2.52 bits per heavy atom. The maximum atomic E-state index is 11.0. The smallest absolute Gasteiger partial charge is 0.335 e. The van der Waals surface area contributed by atoms with Gasteiger partial charge in [0.25, 0.3) is 5.89 Å². The van der Waals surface area contributed by atoms with Gasteiger partial charge in [-0.1, -0.05) is 5.16 Å². The highest BCUT2D eigenvalue weighted by atomic mass is 16.5. The van der Waals surface area contributed by atoms with Gasteiger partial charge >= 0.3 is 5.97 Å². The third kappa shape index (κ3) is 4.07. The predicted molar refractivity (Wildman–Crippen MR) is 106 cm³/mol.